The molecule has 1 aromatic carbocycles. The third kappa shape index (κ3) is 3.96. The Morgan fingerprint density at radius 3 is 3.00 bits per heavy atom. The van der Waals surface area contributed by atoms with Gasteiger partial charge in [-0.15, -0.1) is 0 Å². The summed E-state index contributed by atoms with van der Waals surface area (Å²) in [6.07, 6.45) is 1.48. The monoisotopic (exact) mass is 284 g/mol. The van der Waals surface area contributed by atoms with Crippen LogP contribution in [0.1, 0.15) is 12.8 Å². The molecule has 1 fully saturated rings. The highest BCUT2D eigenvalue weighted by molar-refractivity contribution is 8.00. The van der Waals surface area contributed by atoms with Crippen molar-refractivity contribution in [2.75, 3.05) is 19.5 Å². The fraction of sp³-hybridized carbons (Fsp3) is 0.462. The van der Waals surface area contributed by atoms with Crippen molar-refractivity contribution in [3.63, 3.8) is 0 Å². The number of carbonyl (C=O) groups excluding carboxylic acids is 1. The summed E-state index contributed by atoms with van der Waals surface area (Å²) in [6, 6.07) is 4.36. The molecule has 5 nitrogen and oxygen atoms in total. The lowest BCUT2D eigenvalue weighted by Crippen LogP contribution is -2.16. The molecule has 6 heteroatoms. The highest BCUT2D eigenvalue weighted by atomic mass is 32.2. The van der Waals surface area contributed by atoms with Crippen molar-refractivity contribution in [3.8, 4) is 17.2 Å². The highest BCUT2D eigenvalue weighted by Gasteiger charge is 2.18. The number of hydrogen-bond acceptors (Lipinski definition) is 6. The van der Waals surface area contributed by atoms with Gasteiger partial charge in [0.25, 0.3) is 0 Å². The quantitative estimate of drug-likeness (QED) is 0.677. The van der Waals surface area contributed by atoms with Gasteiger partial charge < -0.3 is 19.3 Å². The van der Waals surface area contributed by atoms with Crippen molar-refractivity contribution in [2.24, 2.45) is 0 Å². The van der Waals surface area contributed by atoms with E-state index >= 15 is 0 Å². The lowest BCUT2D eigenvalue weighted by atomic mass is 10.3. The Balaban J connectivity index is 1.82. The molecule has 0 bridgehead atoms. The molecule has 104 valence electrons. The molecule has 1 unspecified atom stereocenters. The number of thioether (sulfide) groups is 1. The van der Waals surface area contributed by atoms with Gasteiger partial charge in [-0.05, 0) is 30.7 Å². The predicted octanol–water partition coefficient (Wildman–Crippen LogP) is 2.81. The molecule has 1 aliphatic rings. The molecule has 1 atom stereocenters. The first kappa shape index (κ1) is 13.9. The maximum atomic E-state index is 11.5. The normalized spacial score (nSPS) is 18.1. The minimum atomic E-state index is -0.753. The first-order chi connectivity index (χ1) is 9.19. The molecule has 0 spiro atoms. The number of methoxy groups -OCH3 is 1. The molecule has 0 aromatic heterocycles. The van der Waals surface area contributed by atoms with Gasteiger partial charge in [0.1, 0.15) is 12.4 Å². The number of aromatic hydroxyl groups is 1. The molecular weight excluding hydrogens is 268 g/mol. The largest absolute Gasteiger partial charge is 0.513 e. The zero-order valence-corrected chi connectivity index (χ0v) is 11.4. The number of carbonyl (C=O) groups is 1. The van der Waals surface area contributed by atoms with Crippen LogP contribution < -0.4 is 9.47 Å². The summed E-state index contributed by atoms with van der Waals surface area (Å²) in [5.74, 6) is 1.58. The van der Waals surface area contributed by atoms with Crippen LogP contribution >= 0.6 is 11.8 Å². The Bertz CT molecular complexity index is 443. The number of phenolic OH excluding ortho intramolecular Hbond substituents is 1. The van der Waals surface area contributed by atoms with Crippen LogP contribution in [-0.2, 0) is 4.74 Å². The van der Waals surface area contributed by atoms with Crippen LogP contribution in [0.4, 0.5) is 4.79 Å². The molecule has 0 aliphatic carbocycles. The van der Waals surface area contributed by atoms with Gasteiger partial charge in [0.05, 0.1) is 7.11 Å². The summed E-state index contributed by atoms with van der Waals surface area (Å²) in [5.41, 5.74) is 0. The second kappa shape index (κ2) is 6.56. The second-order valence-corrected chi connectivity index (χ2v) is 5.54. The average Bonchev–Trinajstić information content (AvgIpc) is 2.90. The Kier molecular flexibility index (Phi) is 4.79. The second-order valence-electron chi connectivity index (χ2n) is 4.13. The summed E-state index contributed by atoms with van der Waals surface area (Å²) < 4.78 is 14.9. The van der Waals surface area contributed by atoms with E-state index in [-0.39, 0.29) is 11.5 Å². The highest BCUT2D eigenvalue weighted by Crippen LogP contribution is 2.30. The Morgan fingerprint density at radius 2 is 2.37 bits per heavy atom. The SMILES string of the molecule is COc1ccc(OC(=O)OCC2CCCS2)cc1O. The maximum Gasteiger partial charge on any atom is 0.513 e. The molecule has 0 amide bonds. The number of hydrogen-bond donors (Lipinski definition) is 1. The van der Waals surface area contributed by atoms with Crippen LogP contribution in [0.2, 0.25) is 0 Å². The van der Waals surface area contributed by atoms with Crippen molar-refractivity contribution in [1.82, 2.24) is 0 Å². The lowest BCUT2D eigenvalue weighted by molar-refractivity contribution is 0.0991. The van der Waals surface area contributed by atoms with Crippen LogP contribution in [0.15, 0.2) is 18.2 Å². The minimum Gasteiger partial charge on any atom is -0.504 e. The molecule has 0 radical (unpaired) electrons. The van der Waals surface area contributed by atoms with Gasteiger partial charge in [0.2, 0.25) is 0 Å². The standard InChI is InChI=1S/C13H16O5S/c1-16-12-5-4-9(7-11(12)14)18-13(15)17-8-10-3-2-6-19-10/h4-5,7,10,14H,2-3,6,8H2,1H3. The van der Waals surface area contributed by atoms with Crippen molar-refractivity contribution in [2.45, 2.75) is 18.1 Å². The van der Waals surface area contributed by atoms with Crippen molar-refractivity contribution >= 4 is 17.9 Å². The Hall–Kier alpha value is -1.56. The van der Waals surface area contributed by atoms with Crippen molar-refractivity contribution in [1.29, 1.82) is 0 Å². The summed E-state index contributed by atoms with van der Waals surface area (Å²) in [4.78, 5) is 11.5. The van der Waals surface area contributed by atoms with E-state index in [0.717, 1.165) is 12.2 Å². The first-order valence-corrected chi connectivity index (χ1v) is 7.07. The maximum absolute atomic E-state index is 11.5. The molecule has 1 heterocycles. The summed E-state index contributed by atoms with van der Waals surface area (Å²) in [5, 5.41) is 9.92. The van der Waals surface area contributed by atoms with E-state index in [2.05, 4.69) is 0 Å². The molecule has 0 saturated carbocycles. The van der Waals surface area contributed by atoms with Gasteiger partial charge in [-0.2, -0.15) is 11.8 Å². The summed E-state index contributed by atoms with van der Waals surface area (Å²) in [6.45, 7) is 0.367. The van der Waals surface area contributed by atoms with Gasteiger partial charge in [-0.25, -0.2) is 4.79 Å². The number of phenols is 1. The van der Waals surface area contributed by atoms with E-state index < -0.39 is 6.16 Å². The molecule has 2 rings (SSSR count). The van der Waals surface area contributed by atoms with Crippen LogP contribution in [0, 0.1) is 0 Å². The van der Waals surface area contributed by atoms with Gasteiger partial charge >= 0.3 is 6.16 Å². The molecular formula is C13H16O5S. The van der Waals surface area contributed by atoms with Crippen LogP contribution in [-0.4, -0.2) is 36.0 Å². The fourth-order valence-electron chi connectivity index (χ4n) is 1.80. The molecule has 1 N–H and O–H groups in total. The summed E-state index contributed by atoms with van der Waals surface area (Å²) in [7, 11) is 1.45. The van der Waals surface area contributed by atoms with E-state index in [9.17, 15) is 9.90 Å². The van der Waals surface area contributed by atoms with E-state index in [1.807, 2.05) is 11.8 Å². The Morgan fingerprint density at radius 1 is 1.53 bits per heavy atom. The average molecular weight is 284 g/mol. The van der Waals surface area contributed by atoms with E-state index in [0.29, 0.717) is 17.6 Å². The lowest BCUT2D eigenvalue weighted by Gasteiger charge is -2.10. The van der Waals surface area contributed by atoms with Crippen LogP contribution in [0.5, 0.6) is 17.2 Å². The molecule has 1 aromatic rings. The molecule has 19 heavy (non-hydrogen) atoms. The number of ether oxygens (including phenoxy) is 3. The van der Waals surface area contributed by atoms with Crippen LogP contribution in [0.25, 0.3) is 0 Å². The fourth-order valence-corrected chi connectivity index (χ4v) is 2.96. The molecule has 1 saturated heterocycles. The zero-order chi connectivity index (χ0) is 13.7. The summed E-state index contributed by atoms with van der Waals surface area (Å²) >= 11 is 1.81. The van der Waals surface area contributed by atoms with Gasteiger partial charge in [0.15, 0.2) is 11.5 Å². The van der Waals surface area contributed by atoms with E-state index in [1.54, 1.807) is 0 Å². The van der Waals surface area contributed by atoms with E-state index in [4.69, 9.17) is 14.2 Å². The number of benzene rings is 1. The minimum absolute atomic E-state index is 0.0841. The van der Waals surface area contributed by atoms with Gasteiger partial charge in [-0.1, -0.05) is 0 Å². The van der Waals surface area contributed by atoms with Gasteiger partial charge in [0, 0.05) is 11.3 Å². The zero-order valence-electron chi connectivity index (χ0n) is 10.6. The first-order valence-electron chi connectivity index (χ1n) is 6.02. The number of rotatable bonds is 4. The van der Waals surface area contributed by atoms with Gasteiger partial charge in [-0.3, -0.25) is 0 Å². The van der Waals surface area contributed by atoms with Crippen molar-refractivity contribution in [3.05, 3.63) is 18.2 Å². The van der Waals surface area contributed by atoms with E-state index in [1.165, 1.54) is 31.7 Å². The third-order valence-electron chi connectivity index (χ3n) is 2.76. The third-order valence-corrected chi connectivity index (χ3v) is 4.13. The molecule has 1 aliphatic heterocycles. The smallest absolute Gasteiger partial charge is 0.504 e. The Labute approximate surface area is 115 Å². The predicted molar refractivity (Wildman–Crippen MR) is 72.1 cm³/mol. The topological polar surface area (TPSA) is 65.0 Å². The van der Waals surface area contributed by atoms with Crippen LogP contribution in [0.3, 0.4) is 0 Å². The van der Waals surface area contributed by atoms with Crippen molar-refractivity contribution < 1.29 is 24.1 Å².